The van der Waals surface area contributed by atoms with Crippen molar-refractivity contribution in [2.24, 2.45) is 0 Å². The number of halogens is 1. The number of carbonyl (C=O) groups excluding carboxylic acids is 1. The number of aromatic carboxylic acids is 1. The van der Waals surface area contributed by atoms with Crippen LogP contribution < -0.4 is 10.1 Å². The van der Waals surface area contributed by atoms with Gasteiger partial charge in [0.25, 0.3) is 5.91 Å². The van der Waals surface area contributed by atoms with Crippen LogP contribution >= 0.6 is 0 Å². The molecule has 3 aromatic rings. The molecule has 0 saturated carbocycles. The number of nitrogens with one attached hydrogen (secondary N) is 1. The Hall–Kier alpha value is -3.67. The lowest BCUT2D eigenvalue weighted by Gasteiger charge is -2.10. The number of ether oxygens (including phenoxy) is 1. The number of carboxylic acids is 1. The molecule has 0 aliphatic carbocycles. The van der Waals surface area contributed by atoms with Crippen molar-refractivity contribution in [3.63, 3.8) is 0 Å². The van der Waals surface area contributed by atoms with Crippen LogP contribution in [0.3, 0.4) is 0 Å². The maximum Gasteiger partial charge on any atom is 0.337 e. The number of anilines is 1. The normalized spacial score (nSPS) is 10.3. The van der Waals surface area contributed by atoms with Gasteiger partial charge in [-0.1, -0.05) is 42.5 Å². The van der Waals surface area contributed by atoms with Crippen LogP contribution in [0.25, 0.3) is 11.1 Å². The second kappa shape index (κ2) is 8.14. The van der Waals surface area contributed by atoms with Crippen molar-refractivity contribution in [1.29, 1.82) is 0 Å². The van der Waals surface area contributed by atoms with E-state index >= 15 is 0 Å². The Balaban J connectivity index is 1.61. The minimum absolute atomic E-state index is 0.115. The molecule has 0 fully saturated rings. The summed E-state index contributed by atoms with van der Waals surface area (Å²) < 4.78 is 18.7. The molecule has 27 heavy (non-hydrogen) atoms. The summed E-state index contributed by atoms with van der Waals surface area (Å²) in [5.41, 5.74) is 1.76. The molecule has 3 rings (SSSR count). The average molecular weight is 365 g/mol. The molecule has 0 aliphatic heterocycles. The van der Waals surface area contributed by atoms with Crippen molar-refractivity contribution < 1.29 is 23.8 Å². The van der Waals surface area contributed by atoms with Crippen LogP contribution in [0.1, 0.15) is 10.4 Å². The Morgan fingerprint density at radius 1 is 0.926 bits per heavy atom. The molecule has 5 nitrogen and oxygen atoms in total. The predicted molar refractivity (Wildman–Crippen MR) is 99.4 cm³/mol. The summed E-state index contributed by atoms with van der Waals surface area (Å²) in [5, 5.41) is 11.4. The zero-order valence-corrected chi connectivity index (χ0v) is 14.2. The third-order valence-corrected chi connectivity index (χ3v) is 3.82. The molecule has 0 unspecified atom stereocenters. The van der Waals surface area contributed by atoms with Gasteiger partial charge >= 0.3 is 5.97 Å². The van der Waals surface area contributed by atoms with Gasteiger partial charge in [-0.05, 0) is 41.5 Å². The lowest BCUT2D eigenvalue weighted by molar-refractivity contribution is -0.118. The third kappa shape index (κ3) is 4.70. The van der Waals surface area contributed by atoms with Crippen molar-refractivity contribution in [2.45, 2.75) is 0 Å². The smallest absolute Gasteiger partial charge is 0.337 e. The second-order valence-electron chi connectivity index (χ2n) is 5.72. The monoisotopic (exact) mass is 365 g/mol. The van der Waals surface area contributed by atoms with Crippen LogP contribution in [0, 0.1) is 5.82 Å². The second-order valence-corrected chi connectivity index (χ2v) is 5.72. The standard InChI is InChI=1S/C21H16FNO4/c22-16-8-11-18(21(25)26)19(12-16)23-20(24)13-27-17-9-6-15(7-10-17)14-4-2-1-3-5-14/h1-12H,13H2,(H,23,24)(H,25,26). The van der Waals surface area contributed by atoms with E-state index < -0.39 is 17.7 Å². The summed E-state index contributed by atoms with van der Waals surface area (Å²) in [7, 11) is 0. The maximum atomic E-state index is 13.3. The zero-order chi connectivity index (χ0) is 19.2. The number of hydrogen-bond donors (Lipinski definition) is 2. The highest BCUT2D eigenvalue weighted by atomic mass is 19.1. The van der Waals surface area contributed by atoms with Gasteiger partial charge in [0.2, 0.25) is 0 Å². The largest absolute Gasteiger partial charge is 0.484 e. The van der Waals surface area contributed by atoms with E-state index in [1.54, 1.807) is 12.1 Å². The topological polar surface area (TPSA) is 75.6 Å². The van der Waals surface area contributed by atoms with Crippen molar-refractivity contribution in [1.82, 2.24) is 0 Å². The van der Waals surface area contributed by atoms with E-state index in [1.165, 1.54) is 0 Å². The molecule has 0 atom stereocenters. The molecule has 3 aromatic carbocycles. The van der Waals surface area contributed by atoms with Gasteiger partial charge in [0.1, 0.15) is 11.6 Å². The van der Waals surface area contributed by atoms with E-state index in [0.29, 0.717) is 5.75 Å². The maximum absolute atomic E-state index is 13.3. The summed E-state index contributed by atoms with van der Waals surface area (Å²) in [6, 6.07) is 20.1. The van der Waals surface area contributed by atoms with Crippen LogP contribution in [0.15, 0.2) is 72.8 Å². The number of hydrogen-bond acceptors (Lipinski definition) is 3. The fourth-order valence-electron chi connectivity index (χ4n) is 2.52. The van der Waals surface area contributed by atoms with Gasteiger partial charge in [-0.25, -0.2) is 9.18 Å². The molecule has 136 valence electrons. The van der Waals surface area contributed by atoms with Crippen molar-refractivity contribution >= 4 is 17.6 Å². The Bertz CT molecular complexity index is 956. The summed E-state index contributed by atoms with van der Waals surface area (Å²) in [6.07, 6.45) is 0. The molecule has 0 aliphatic rings. The molecule has 0 spiro atoms. The molecule has 6 heteroatoms. The fraction of sp³-hybridized carbons (Fsp3) is 0.0476. The first-order valence-corrected chi connectivity index (χ1v) is 8.14. The van der Waals surface area contributed by atoms with Gasteiger partial charge < -0.3 is 15.2 Å². The van der Waals surface area contributed by atoms with Gasteiger partial charge in [0.05, 0.1) is 11.3 Å². The number of benzene rings is 3. The van der Waals surface area contributed by atoms with E-state index in [4.69, 9.17) is 9.84 Å². The van der Waals surface area contributed by atoms with E-state index in [1.807, 2.05) is 42.5 Å². The Morgan fingerprint density at radius 3 is 2.26 bits per heavy atom. The summed E-state index contributed by atoms with van der Waals surface area (Å²) in [4.78, 5) is 23.1. The van der Waals surface area contributed by atoms with E-state index in [9.17, 15) is 14.0 Å². The lowest BCUT2D eigenvalue weighted by Crippen LogP contribution is -2.21. The van der Waals surface area contributed by atoms with E-state index in [0.717, 1.165) is 29.3 Å². The van der Waals surface area contributed by atoms with E-state index in [2.05, 4.69) is 5.32 Å². The SMILES string of the molecule is O=C(COc1ccc(-c2ccccc2)cc1)Nc1cc(F)ccc1C(=O)O. The van der Waals surface area contributed by atoms with Crippen molar-refractivity contribution in [2.75, 3.05) is 11.9 Å². The van der Waals surface area contributed by atoms with Crippen molar-refractivity contribution in [3.05, 3.63) is 84.2 Å². The zero-order valence-electron chi connectivity index (χ0n) is 14.2. The molecular formula is C21H16FNO4. The summed E-state index contributed by atoms with van der Waals surface area (Å²) in [5.74, 6) is -2.01. The van der Waals surface area contributed by atoms with Gasteiger partial charge in [0.15, 0.2) is 6.61 Å². The molecule has 1 amide bonds. The van der Waals surface area contributed by atoms with Gasteiger partial charge in [0, 0.05) is 0 Å². The van der Waals surface area contributed by atoms with Gasteiger partial charge in [-0.15, -0.1) is 0 Å². The minimum Gasteiger partial charge on any atom is -0.484 e. The number of amides is 1. The Morgan fingerprint density at radius 2 is 1.59 bits per heavy atom. The first-order chi connectivity index (χ1) is 13.0. The third-order valence-electron chi connectivity index (χ3n) is 3.82. The first kappa shape index (κ1) is 18.1. The van der Waals surface area contributed by atoms with Crippen LogP contribution in [-0.2, 0) is 4.79 Å². The van der Waals surface area contributed by atoms with Gasteiger partial charge in [-0.2, -0.15) is 0 Å². The van der Waals surface area contributed by atoms with Crippen LogP contribution in [0.4, 0.5) is 10.1 Å². The van der Waals surface area contributed by atoms with Crippen molar-refractivity contribution in [3.8, 4) is 16.9 Å². The molecule has 0 heterocycles. The first-order valence-electron chi connectivity index (χ1n) is 8.14. The predicted octanol–water partition coefficient (Wildman–Crippen LogP) is 4.21. The fourth-order valence-corrected chi connectivity index (χ4v) is 2.52. The summed E-state index contributed by atoms with van der Waals surface area (Å²) in [6.45, 7) is -0.333. The van der Waals surface area contributed by atoms with Crippen LogP contribution in [0.5, 0.6) is 5.75 Å². The average Bonchev–Trinajstić information content (AvgIpc) is 2.67. The van der Waals surface area contributed by atoms with Crippen LogP contribution in [-0.4, -0.2) is 23.6 Å². The summed E-state index contributed by atoms with van der Waals surface area (Å²) >= 11 is 0. The Labute approximate surface area is 155 Å². The molecular weight excluding hydrogens is 349 g/mol. The molecule has 0 bridgehead atoms. The molecule has 2 N–H and O–H groups in total. The van der Waals surface area contributed by atoms with Gasteiger partial charge in [-0.3, -0.25) is 4.79 Å². The highest BCUT2D eigenvalue weighted by Gasteiger charge is 2.14. The van der Waals surface area contributed by atoms with E-state index in [-0.39, 0.29) is 17.9 Å². The highest BCUT2D eigenvalue weighted by Crippen LogP contribution is 2.22. The number of rotatable bonds is 6. The molecule has 0 radical (unpaired) electrons. The quantitative estimate of drug-likeness (QED) is 0.686. The minimum atomic E-state index is -1.26. The molecule has 0 aromatic heterocycles. The lowest BCUT2D eigenvalue weighted by atomic mass is 10.1. The number of carboxylic acid groups (broad SMARTS) is 1. The van der Waals surface area contributed by atoms with Crippen LogP contribution in [0.2, 0.25) is 0 Å². The Kier molecular flexibility index (Phi) is 5.47. The number of carbonyl (C=O) groups is 2. The molecule has 0 saturated heterocycles. The highest BCUT2D eigenvalue weighted by molar-refractivity contribution is 6.00.